The largest absolute Gasteiger partial charge is 0.320 e. The zero-order valence-electron chi connectivity index (χ0n) is 7.71. The number of aromatic amines is 1. The Morgan fingerprint density at radius 2 is 2.07 bits per heavy atom. The summed E-state index contributed by atoms with van der Waals surface area (Å²) >= 11 is 7.86. The van der Waals surface area contributed by atoms with Crippen molar-refractivity contribution in [3.8, 4) is 0 Å². The molecule has 0 aliphatic carbocycles. The molecule has 0 saturated heterocycles. The second-order valence-electron chi connectivity index (χ2n) is 2.45. The molecule has 0 bridgehead atoms. The van der Waals surface area contributed by atoms with Gasteiger partial charge in [-0.3, -0.25) is 0 Å². The lowest BCUT2D eigenvalue weighted by molar-refractivity contribution is 0.667. The SMILES string of the molecule is Cc1nnc(S)[nH]1.Cn1nncc1S. The van der Waals surface area contributed by atoms with Crippen LogP contribution in [0.3, 0.4) is 0 Å². The molecule has 2 aromatic rings. The quantitative estimate of drug-likeness (QED) is 0.576. The molecular weight excluding hydrogens is 220 g/mol. The Kier molecular flexibility index (Phi) is 3.96. The van der Waals surface area contributed by atoms with Gasteiger partial charge in [0, 0.05) is 7.05 Å². The monoisotopic (exact) mass is 230 g/mol. The van der Waals surface area contributed by atoms with E-state index in [1.807, 2.05) is 6.92 Å². The Morgan fingerprint density at radius 3 is 2.21 bits per heavy atom. The van der Waals surface area contributed by atoms with Crippen molar-refractivity contribution < 1.29 is 0 Å². The second-order valence-corrected chi connectivity index (χ2v) is 3.33. The van der Waals surface area contributed by atoms with E-state index in [0.29, 0.717) is 5.16 Å². The Bertz CT molecular complexity index is 361. The van der Waals surface area contributed by atoms with E-state index in [2.05, 4.69) is 50.8 Å². The van der Waals surface area contributed by atoms with Crippen molar-refractivity contribution in [1.29, 1.82) is 0 Å². The number of hydrogen-bond donors (Lipinski definition) is 3. The zero-order chi connectivity index (χ0) is 10.6. The number of aryl methyl sites for hydroxylation is 2. The van der Waals surface area contributed by atoms with Crippen molar-refractivity contribution in [3.05, 3.63) is 12.0 Å². The fourth-order valence-corrected chi connectivity index (χ4v) is 0.917. The summed E-state index contributed by atoms with van der Waals surface area (Å²) in [6.07, 6.45) is 1.59. The highest BCUT2D eigenvalue weighted by atomic mass is 32.1. The van der Waals surface area contributed by atoms with Crippen LogP contribution in [0.25, 0.3) is 0 Å². The summed E-state index contributed by atoms with van der Waals surface area (Å²) in [4.78, 5) is 2.78. The molecule has 2 rings (SSSR count). The molecular formula is C6H10N6S2. The lowest BCUT2D eigenvalue weighted by Gasteiger charge is -1.83. The molecule has 0 spiro atoms. The molecule has 0 amide bonds. The first kappa shape index (κ1) is 11.1. The molecule has 8 heteroatoms. The summed E-state index contributed by atoms with van der Waals surface area (Å²) in [6.45, 7) is 1.83. The van der Waals surface area contributed by atoms with Crippen LogP contribution in [0.1, 0.15) is 5.82 Å². The minimum Gasteiger partial charge on any atom is -0.320 e. The number of hydrogen-bond acceptors (Lipinski definition) is 6. The standard InChI is InChI=1S/2C3H5N3S/c1-6-3(7)2-4-5-6;1-2-4-3(7)6-5-2/h2,7H,1H3;1H3,(H2,4,5,6,7). The molecule has 0 saturated carbocycles. The summed E-state index contributed by atoms with van der Waals surface area (Å²) < 4.78 is 1.59. The normalized spacial score (nSPS) is 9.43. The third-order valence-electron chi connectivity index (χ3n) is 1.28. The second kappa shape index (κ2) is 5.01. The van der Waals surface area contributed by atoms with Gasteiger partial charge in [0.15, 0.2) is 5.16 Å². The number of nitrogens with zero attached hydrogens (tertiary/aromatic N) is 5. The van der Waals surface area contributed by atoms with E-state index in [-0.39, 0.29) is 0 Å². The lowest BCUT2D eigenvalue weighted by Crippen LogP contribution is -1.89. The van der Waals surface area contributed by atoms with Gasteiger partial charge in [-0.25, -0.2) is 4.68 Å². The van der Waals surface area contributed by atoms with Gasteiger partial charge in [0.25, 0.3) is 0 Å². The summed E-state index contributed by atoms with van der Waals surface area (Å²) in [5.74, 6) is 0.796. The molecule has 2 heterocycles. The molecule has 0 aromatic carbocycles. The van der Waals surface area contributed by atoms with Gasteiger partial charge in [-0.2, -0.15) is 0 Å². The van der Waals surface area contributed by atoms with E-state index in [0.717, 1.165) is 10.9 Å². The van der Waals surface area contributed by atoms with Crippen molar-refractivity contribution in [1.82, 2.24) is 30.2 Å². The molecule has 0 aliphatic rings. The van der Waals surface area contributed by atoms with Gasteiger partial charge in [-0.1, -0.05) is 5.21 Å². The van der Waals surface area contributed by atoms with Crippen LogP contribution in [0.5, 0.6) is 0 Å². The highest BCUT2D eigenvalue weighted by Gasteiger charge is 1.87. The van der Waals surface area contributed by atoms with E-state index in [1.54, 1.807) is 17.9 Å². The van der Waals surface area contributed by atoms with E-state index in [4.69, 9.17) is 0 Å². The molecule has 76 valence electrons. The topological polar surface area (TPSA) is 72.3 Å². The van der Waals surface area contributed by atoms with Crippen LogP contribution in [-0.4, -0.2) is 30.2 Å². The van der Waals surface area contributed by atoms with Gasteiger partial charge >= 0.3 is 0 Å². The first-order chi connectivity index (χ1) is 6.59. The van der Waals surface area contributed by atoms with Crippen molar-refractivity contribution in [2.75, 3.05) is 0 Å². The van der Waals surface area contributed by atoms with Crippen molar-refractivity contribution >= 4 is 25.3 Å². The highest BCUT2D eigenvalue weighted by molar-refractivity contribution is 7.80. The average Bonchev–Trinajstić information content (AvgIpc) is 2.65. The number of aromatic nitrogens is 6. The van der Waals surface area contributed by atoms with Gasteiger partial charge in [0.05, 0.1) is 6.20 Å². The van der Waals surface area contributed by atoms with Gasteiger partial charge in [0.2, 0.25) is 0 Å². The van der Waals surface area contributed by atoms with E-state index < -0.39 is 0 Å². The summed E-state index contributed by atoms with van der Waals surface area (Å²) in [6, 6.07) is 0. The molecule has 14 heavy (non-hydrogen) atoms. The van der Waals surface area contributed by atoms with Gasteiger partial charge in [-0.05, 0) is 6.92 Å². The lowest BCUT2D eigenvalue weighted by atomic mass is 10.8. The molecule has 0 aliphatic heterocycles. The van der Waals surface area contributed by atoms with Crippen LogP contribution < -0.4 is 0 Å². The predicted molar refractivity (Wildman–Crippen MR) is 56.6 cm³/mol. The maximum absolute atomic E-state index is 3.99. The Hall–Kier alpha value is -1.02. The van der Waals surface area contributed by atoms with E-state index >= 15 is 0 Å². The van der Waals surface area contributed by atoms with Gasteiger partial charge in [0.1, 0.15) is 10.9 Å². The smallest absolute Gasteiger partial charge is 0.185 e. The van der Waals surface area contributed by atoms with Crippen LogP contribution in [0.15, 0.2) is 16.4 Å². The average molecular weight is 230 g/mol. The zero-order valence-corrected chi connectivity index (χ0v) is 9.50. The third-order valence-corrected chi connectivity index (χ3v) is 1.88. The Labute approximate surface area is 91.9 Å². The first-order valence-corrected chi connectivity index (χ1v) is 4.61. The van der Waals surface area contributed by atoms with Crippen LogP contribution in [0.2, 0.25) is 0 Å². The van der Waals surface area contributed by atoms with Crippen molar-refractivity contribution in [2.45, 2.75) is 17.1 Å². The Balaban J connectivity index is 0.000000140. The summed E-state index contributed by atoms with van der Waals surface area (Å²) in [7, 11) is 1.79. The molecule has 0 fully saturated rings. The molecule has 0 atom stereocenters. The molecule has 2 aromatic heterocycles. The van der Waals surface area contributed by atoms with E-state index in [1.165, 1.54) is 0 Å². The minimum atomic E-state index is 0.567. The fraction of sp³-hybridized carbons (Fsp3) is 0.333. The minimum absolute atomic E-state index is 0.567. The van der Waals surface area contributed by atoms with E-state index in [9.17, 15) is 0 Å². The third kappa shape index (κ3) is 3.38. The van der Waals surface area contributed by atoms with Crippen LogP contribution in [0.4, 0.5) is 0 Å². The molecule has 6 nitrogen and oxygen atoms in total. The maximum atomic E-state index is 3.99. The number of H-pyrrole nitrogens is 1. The van der Waals surface area contributed by atoms with Crippen LogP contribution in [-0.2, 0) is 7.05 Å². The van der Waals surface area contributed by atoms with Crippen molar-refractivity contribution in [2.24, 2.45) is 7.05 Å². The first-order valence-electron chi connectivity index (χ1n) is 3.71. The molecule has 0 radical (unpaired) electrons. The number of rotatable bonds is 0. The number of thiol groups is 2. The molecule has 0 unspecified atom stereocenters. The van der Waals surface area contributed by atoms with Crippen LogP contribution in [0, 0.1) is 6.92 Å². The van der Waals surface area contributed by atoms with Crippen molar-refractivity contribution in [3.63, 3.8) is 0 Å². The molecule has 1 N–H and O–H groups in total. The van der Waals surface area contributed by atoms with Crippen LogP contribution >= 0.6 is 25.3 Å². The summed E-state index contributed by atoms with van der Waals surface area (Å²) in [5, 5.41) is 15.7. The predicted octanol–water partition coefficient (Wildman–Crippen LogP) is 0.506. The maximum Gasteiger partial charge on any atom is 0.185 e. The van der Waals surface area contributed by atoms with Gasteiger partial charge in [-0.15, -0.1) is 40.6 Å². The van der Waals surface area contributed by atoms with Gasteiger partial charge < -0.3 is 4.98 Å². The summed E-state index contributed by atoms with van der Waals surface area (Å²) in [5.41, 5.74) is 0. The number of nitrogens with one attached hydrogen (secondary N) is 1. The Morgan fingerprint density at radius 1 is 1.36 bits per heavy atom. The highest BCUT2D eigenvalue weighted by Crippen LogP contribution is 1.96. The fourth-order valence-electron chi connectivity index (χ4n) is 0.618.